The Morgan fingerprint density at radius 3 is 2.29 bits per heavy atom. The van der Waals surface area contributed by atoms with Crippen LogP contribution in [0, 0.1) is 0 Å². The molecule has 2 saturated heterocycles. The molecule has 4 rings (SSSR count). The molecule has 0 N–H and O–H groups in total. The van der Waals surface area contributed by atoms with Crippen LogP contribution in [-0.4, -0.2) is 67.6 Å². The molecule has 1 aromatic carbocycles. The number of methoxy groups -OCH3 is 1. The molecule has 2 fully saturated rings. The molecule has 8 nitrogen and oxygen atoms in total. The smallest absolute Gasteiger partial charge is 0.445 e. The maximum Gasteiger partial charge on any atom is 0.496 e. The molecule has 3 heterocycles. The summed E-state index contributed by atoms with van der Waals surface area (Å²) in [5.41, 5.74) is 2.75. The molecule has 2 aliphatic rings. The topological polar surface area (TPSA) is 73.4 Å². The van der Waals surface area contributed by atoms with Crippen molar-refractivity contribution in [3.63, 3.8) is 0 Å². The fourth-order valence-electron chi connectivity index (χ4n) is 4.06. The second kappa shape index (κ2) is 9.94. The number of anilines is 1. The molecule has 0 atom stereocenters. The van der Waals surface area contributed by atoms with Gasteiger partial charge in [0.05, 0.1) is 35.4 Å². The SMILES string of the molecule is COCc1ncc(N2CCN(C(=O)OCc3ccccc3)CC2)cc1B1OC(C)(C)C(C)(C)O1. The van der Waals surface area contributed by atoms with Crippen molar-refractivity contribution in [1.82, 2.24) is 9.88 Å². The zero-order valence-electron chi connectivity index (χ0n) is 20.7. The molecule has 2 aliphatic heterocycles. The normalized spacial score (nSPS) is 19.4. The van der Waals surface area contributed by atoms with Gasteiger partial charge < -0.3 is 28.6 Å². The molecule has 1 aromatic heterocycles. The van der Waals surface area contributed by atoms with Crippen molar-refractivity contribution >= 4 is 24.4 Å². The Kier molecular flexibility index (Phi) is 7.16. The largest absolute Gasteiger partial charge is 0.496 e. The third-order valence-electron chi connectivity index (χ3n) is 6.89. The van der Waals surface area contributed by atoms with Gasteiger partial charge in [0.15, 0.2) is 0 Å². The van der Waals surface area contributed by atoms with E-state index in [0.717, 1.165) is 22.4 Å². The number of hydrogen-bond acceptors (Lipinski definition) is 7. The predicted molar refractivity (Wildman–Crippen MR) is 131 cm³/mol. The average Bonchev–Trinajstić information content (AvgIpc) is 3.05. The predicted octanol–water partition coefficient (Wildman–Crippen LogP) is 2.99. The van der Waals surface area contributed by atoms with Gasteiger partial charge in [0.1, 0.15) is 6.61 Å². The highest BCUT2D eigenvalue weighted by Gasteiger charge is 2.52. The summed E-state index contributed by atoms with van der Waals surface area (Å²) >= 11 is 0. The number of amides is 1. The van der Waals surface area contributed by atoms with Gasteiger partial charge in [0.2, 0.25) is 0 Å². The first-order valence-corrected chi connectivity index (χ1v) is 11.7. The Labute approximate surface area is 202 Å². The van der Waals surface area contributed by atoms with Gasteiger partial charge in [-0.05, 0) is 39.3 Å². The molecule has 0 aliphatic carbocycles. The number of nitrogens with zero attached hydrogens (tertiary/aromatic N) is 3. The van der Waals surface area contributed by atoms with Gasteiger partial charge in [-0.2, -0.15) is 0 Å². The third-order valence-corrected chi connectivity index (χ3v) is 6.89. The van der Waals surface area contributed by atoms with Crippen LogP contribution in [-0.2, 0) is 32.0 Å². The van der Waals surface area contributed by atoms with E-state index >= 15 is 0 Å². The van der Waals surface area contributed by atoms with Crippen molar-refractivity contribution < 1.29 is 23.6 Å². The van der Waals surface area contributed by atoms with E-state index in [1.54, 1.807) is 12.0 Å². The van der Waals surface area contributed by atoms with Crippen LogP contribution in [0.5, 0.6) is 0 Å². The number of pyridine rings is 1. The standard InChI is InChI=1S/C25H34BN3O5/c1-24(2)25(3,4)34-26(33-24)21-15-20(16-27-22(21)18-31-5)28-11-13-29(14-12-28)23(30)32-17-19-9-7-6-8-10-19/h6-10,15-16H,11-14,17-18H2,1-5H3. The summed E-state index contributed by atoms with van der Waals surface area (Å²) in [6, 6.07) is 11.8. The molecule has 9 heteroatoms. The molecule has 34 heavy (non-hydrogen) atoms. The molecular weight excluding hydrogens is 433 g/mol. The molecular formula is C25H34BN3O5. The summed E-state index contributed by atoms with van der Waals surface area (Å²) in [6.07, 6.45) is 1.57. The van der Waals surface area contributed by atoms with Crippen molar-refractivity contribution in [3.05, 3.63) is 53.9 Å². The van der Waals surface area contributed by atoms with E-state index in [0.29, 0.717) is 32.8 Å². The zero-order chi connectivity index (χ0) is 24.3. The van der Waals surface area contributed by atoms with E-state index in [-0.39, 0.29) is 12.7 Å². The fourth-order valence-corrected chi connectivity index (χ4v) is 4.06. The maximum absolute atomic E-state index is 12.5. The van der Waals surface area contributed by atoms with Crippen molar-refractivity contribution in [3.8, 4) is 0 Å². The quantitative estimate of drug-likeness (QED) is 0.605. The summed E-state index contributed by atoms with van der Waals surface area (Å²) in [5.74, 6) is 0. The zero-order valence-corrected chi connectivity index (χ0v) is 20.7. The molecule has 0 saturated carbocycles. The van der Waals surface area contributed by atoms with Crippen LogP contribution in [0.1, 0.15) is 39.0 Å². The summed E-state index contributed by atoms with van der Waals surface area (Å²) in [5, 5.41) is 0. The Morgan fingerprint density at radius 1 is 1.03 bits per heavy atom. The van der Waals surface area contributed by atoms with Gasteiger partial charge in [-0.3, -0.25) is 4.98 Å². The van der Waals surface area contributed by atoms with E-state index in [1.807, 2.05) is 64.2 Å². The van der Waals surface area contributed by atoms with Crippen molar-refractivity contribution in [2.45, 2.75) is 52.1 Å². The van der Waals surface area contributed by atoms with Gasteiger partial charge in [-0.25, -0.2) is 4.79 Å². The number of aromatic nitrogens is 1. The Morgan fingerprint density at radius 2 is 1.68 bits per heavy atom. The molecule has 0 spiro atoms. The van der Waals surface area contributed by atoms with Crippen molar-refractivity contribution in [2.24, 2.45) is 0 Å². The minimum atomic E-state index is -0.517. The fraction of sp³-hybridized carbons (Fsp3) is 0.520. The first kappa shape index (κ1) is 24.5. The summed E-state index contributed by atoms with van der Waals surface area (Å²) in [4.78, 5) is 21.1. The highest BCUT2D eigenvalue weighted by molar-refractivity contribution is 6.62. The lowest BCUT2D eigenvalue weighted by Gasteiger charge is -2.35. The van der Waals surface area contributed by atoms with E-state index in [2.05, 4.69) is 16.0 Å². The van der Waals surface area contributed by atoms with Gasteiger partial charge in [0.25, 0.3) is 0 Å². The monoisotopic (exact) mass is 467 g/mol. The second-order valence-electron chi connectivity index (χ2n) is 9.76. The highest BCUT2D eigenvalue weighted by atomic mass is 16.7. The Balaban J connectivity index is 1.41. The molecule has 0 bridgehead atoms. The van der Waals surface area contributed by atoms with Crippen molar-refractivity contribution in [1.29, 1.82) is 0 Å². The first-order chi connectivity index (χ1) is 16.2. The molecule has 0 radical (unpaired) electrons. The van der Waals surface area contributed by atoms with E-state index in [1.165, 1.54) is 0 Å². The highest BCUT2D eigenvalue weighted by Crippen LogP contribution is 2.37. The van der Waals surface area contributed by atoms with Crippen LogP contribution < -0.4 is 10.4 Å². The third kappa shape index (κ3) is 5.21. The van der Waals surface area contributed by atoms with Crippen LogP contribution in [0.25, 0.3) is 0 Å². The van der Waals surface area contributed by atoms with Crippen LogP contribution >= 0.6 is 0 Å². The van der Waals surface area contributed by atoms with Crippen molar-refractivity contribution in [2.75, 3.05) is 38.2 Å². The molecule has 1 amide bonds. The van der Waals surface area contributed by atoms with Gasteiger partial charge in [0, 0.05) is 38.8 Å². The minimum Gasteiger partial charge on any atom is -0.445 e. The second-order valence-corrected chi connectivity index (χ2v) is 9.76. The number of hydrogen-bond donors (Lipinski definition) is 0. The van der Waals surface area contributed by atoms with Gasteiger partial charge >= 0.3 is 13.2 Å². The molecule has 0 unspecified atom stereocenters. The number of benzene rings is 1. The number of ether oxygens (including phenoxy) is 2. The number of carbonyl (C=O) groups is 1. The Bertz CT molecular complexity index is 977. The van der Waals surface area contributed by atoms with Crippen LogP contribution in [0.4, 0.5) is 10.5 Å². The van der Waals surface area contributed by atoms with Gasteiger partial charge in [-0.15, -0.1) is 0 Å². The lowest BCUT2D eigenvalue weighted by molar-refractivity contribution is 0.00578. The maximum atomic E-state index is 12.5. The lowest BCUT2D eigenvalue weighted by atomic mass is 9.77. The summed E-state index contributed by atoms with van der Waals surface area (Å²) < 4.78 is 23.4. The van der Waals surface area contributed by atoms with E-state index in [4.69, 9.17) is 18.8 Å². The number of rotatable bonds is 6. The van der Waals surface area contributed by atoms with Gasteiger partial charge in [-0.1, -0.05) is 30.3 Å². The van der Waals surface area contributed by atoms with Crippen LogP contribution in [0.3, 0.4) is 0 Å². The first-order valence-electron chi connectivity index (χ1n) is 11.7. The average molecular weight is 467 g/mol. The minimum absolute atomic E-state index is 0.280. The van der Waals surface area contributed by atoms with Crippen LogP contribution in [0.2, 0.25) is 0 Å². The summed E-state index contributed by atoms with van der Waals surface area (Å²) in [7, 11) is 1.14. The molecule has 182 valence electrons. The number of carbonyl (C=O) groups excluding carboxylic acids is 1. The lowest BCUT2D eigenvalue weighted by Crippen LogP contribution is -2.49. The number of piperazine rings is 1. The Hall–Kier alpha value is -2.62. The van der Waals surface area contributed by atoms with E-state index in [9.17, 15) is 4.79 Å². The van der Waals surface area contributed by atoms with Crippen LogP contribution in [0.15, 0.2) is 42.6 Å². The molecule has 2 aromatic rings. The summed E-state index contributed by atoms with van der Waals surface area (Å²) in [6.45, 7) is 11.4. The van der Waals surface area contributed by atoms with E-state index < -0.39 is 18.3 Å².